The molecule has 0 amide bonds. The van der Waals surface area contributed by atoms with E-state index in [2.05, 4.69) is 10.3 Å². The highest BCUT2D eigenvalue weighted by Crippen LogP contribution is 2.39. The minimum absolute atomic E-state index is 0.0814. The molecule has 0 saturated carbocycles. The number of aromatic nitrogens is 3. The van der Waals surface area contributed by atoms with Crippen LogP contribution in [0.5, 0.6) is 5.75 Å². The second-order valence-electron chi connectivity index (χ2n) is 7.05. The lowest BCUT2D eigenvalue weighted by molar-refractivity contribution is 0.104. The van der Waals surface area contributed by atoms with E-state index >= 15 is 0 Å². The third-order valence-electron chi connectivity index (χ3n) is 5.18. The third kappa shape index (κ3) is 3.41. The van der Waals surface area contributed by atoms with Crippen LogP contribution < -0.4 is 10.1 Å². The summed E-state index contributed by atoms with van der Waals surface area (Å²) in [6.45, 7) is 0.437. The number of benzene rings is 2. The maximum absolute atomic E-state index is 13.1. The zero-order valence-corrected chi connectivity index (χ0v) is 17.3. The van der Waals surface area contributed by atoms with Gasteiger partial charge in [-0.25, -0.2) is 9.97 Å². The lowest BCUT2D eigenvalue weighted by Gasteiger charge is -2.13. The number of carbonyl (C=O) groups is 1. The van der Waals surface area contributed by atoms with Crippen molar-refractivity contribution in [2.75, 3.05) is 12.4 Å². The summed E-state index contributed by atoms with van der Waals surface area (Å²) in [7, 11) is 1.58. The van der Waals surface area contributed by atoms with Gasteiger partial charge in [-0.3, -0.25) is 9.78 Å². The second kappa shape index (κ2) is 7.81. The maximum Gasteiger partial charge on any atom is 0.199 e. The van der Waals surface area contributed by atoms with Crippen molar-refractivity contribution in [3.63, 3.8) is 0 Å². The summed E-state index contributed by atoms with van der Waals surface area (Å²) in [5, 5.41) is 3.84. The molecule has 1 aliphatic rings. The van der Waals surface area contributed by atoms with Crippen molar-refractivity contribution >= 4 is 23.2 Å². The van der Waals surface area contributed by atoms with Gasteiger partial charge in [-0.1, -0.05) is 41.9 Å². The van der Waals surface area contributed by atoms with Crippen LogP contribution in [0.3, 0.4) is 0 Å². The topological polar surface area (TPSA) is 77.0 Å². The summed E-state index contributed by atoms with van der Waals surface area (Å²) in [4.78, 5) is 26.6. The Morgan fingerprint density at radius 1 is 1.00 bits per heavy atom. The second-order valence-corrected chi connectivity index (χ2v) is 7.46. The van der Waals surface area contributed by atoms with Crippen molar-refractivity contribution in [1.82, 2.24) is 15.0 Å². The molecule has 0 saturated heterocycles. The highest BCUT2D eigenvalue weighted by molar-refractivity contribution is 6.32. The molecular formula is C24H17ClN4O2. The van der Waals surface area contributed by atoms with Gasteiger partial charge in [0.2, 0.25) is 0 Å². The van der Waals surface area contributed by atoms with Crippen molar-refractivity contribution in [3.05, 3.63) is 88.7 Å². The molecular weight excluding hydrogens is 412 g/mol. The monoisotopic (exact) mass is 428 g/mol. The number of ketones is 1. The van der Waals surface area contributed by atoms with Crippen LogP contribution in [0.4, 0.5) is 5.82 Å². The molecule has 152 valence electrons. The molecule has 0 fully saturated rings. The summed E-state index contributed by atoms with van der Waals surface area (Å²) in [6.07, 6.45) is 3.38. The van der Waals surface area contributed by atoms with E-state index in [1.54, 1.807) is 19.5 Å². The lowest BCUT2D eigenvalue weighted by Crippen LogP contribution is -2.09. The van der Waals surface area contributed by atoms with E-state index in [9.17, 15) is 4.79 Å². The number of rotatable bonds is 5. The molecule has 2 aromatic carbocycles. The number of nitrogens with one attached hydrogen (secondary N) is 1. The Bertz CT molecular complexity index is 1310. The third-order valence-corrected chi connectivity index (χ3v) is 5.47. The molecule has 2 aromatic heterocycles. The van der Waals surface area contributed by atoms with Crippen LogP contribution >= 0.6 is 11.6 Å². The molecule has 0 bridgehead atoms. The Kier molecular flexibility index (Phi) is 4.84. The number of halogens is 1. The standard InChI is InChI=1S/C24H17ClN4O2/c1-31-19-7-6-14(12-18(19)25)13-27-24-20-21(16-4-2-3-5-17(16)22(20)30)28-23(29-24)15-8-10-26-11-9-15/h2-12H,13H2,1H3,(H,27,28,29). The minimum Gasteiger partial charge on any atom is -0.495 e. The molecule has 4 aromatic rings. The van der Waals surface area contributed by atoms with Crippen LogP contribution in [0.25, 0.3) is 22.6 Å². The average molecular weight is 429 g/mol. The highest BCUT2D eigenvalue weighted by Gasteiger charge is 2.32. The molecule has 0 spiro atoms. The minimum atomic E-state index is -0.0814. The molecule has 5 rings (SSSR count). The van der Waals surface area contributed by atoms with Gasteiger partial charge in [-0.15, -0.1) is 0 Å². The zero-order valence-electron chi connectivity index (χ0n) is 16.6. The van der Waals surface area contributed by atoms with Gasteiger partial charge in [-0.2, -0.15) is 0 Å². The number of fused-ring (bicyclic) bond motifs is 3. The first-order chi connectivity index (χ1) is 15.2. The van der Waals surface area contributed by atoms with Gasteiger partial charge in [0.25, 0.3) is 0 Å². The van der Waals surface area contributed by atoms with E-state index in [1.807, 2.05) is 54.6 Å². The molecule has 0 radical (unpaired) electrons. The Hall–Kier alpha value is -3.77. The molecule has 31 heavy (non-hydrogen) atoms. The quantitative estimate of drug-likeness (QED) is 0.423. The molecule has 6 nitrogen and oxygen atoms in total. The summed E-state index contributed by atoms with van der Waals surface area (Å²) >= 11 is 6.26. The first-order valence-electron chi connectivity index (χ1n) is 9.68. The first-order valence-corrected chi connectivity index (χ1v) is 10.1. The van der Waals surface area contributed by atoms with E-state index in [1.165, 1.54) is 0 Å². The number of carbonyl (C=O) groups excluding carboxylic acids is 1. The van der Waals surface area contributed by atoms with Crippen molar-refractivity contribution < 1.29 is 9.53 Å². The van der Waals surface area contributed by atoms with E-state index in [0.717, 1.165) is 16.7 Å². The molecule has 0 atom stereocenters. The SMILES string of the molecule is COc1ccc(CNc2nc(-c3ccncc3)nc3c2C(=O)c2ccccc2-3)cc1Cl. The van der Waals surface area contributed by atoms with E-state index in [4.69, 9.17) is 26.3 Å². The highest BCUT2D eigenvalue weighted by atomic mass is 35.5. The summed E-state index contributed by atoms with van der Waals surface area (Å²) < 4.78 is 5.22. The number of methoxy groups -OCH3 is 1. The first kappa shape index (κ1) is 19.2. The fraction of sp³-hybridized carbons (Fsp3) is 0.0833. The van der Waals surface area contributed by atoms with Crippen LogP contribution in [-0.2, 0) is 6.54 Å². The van der Waals surface area contributed by atoms with E-state index < -0.39 is 0 Å². The fourth-order valence-corrected chi connectivity index (χ4v) is 3.94. The van der Waals surface area contributed by atoms with Crippen LogP contribution in [0.15, 0.2) is 67.0 Å². The van der Waals surface area contributed by atoms with Gasteiger partial charge in [0.1, 0.15) is 11.6 Å². The lowest BCUT2D eigenvalue weighted by atomic mass is 10.1. The van der Waals surface area contributed by atoms with Gasteiger partial charge in [-0.05, 0) is 29.8 Å². The number of pyridine rings is 1. The summed E-state index contributed by atoms with van der Waals surface area (Å²) in [5.41, 5.74) is 4.33. The van der Waals surface area contributed by atoms with Crippen molar-refractivity contribution in [1.29, 1.82) is 0 Å². The molecule has 1 N–H and O–H groups in total. The van der Waals surface area contributed by atoms with E-state index in [-0.39, 0.29) is 5.78 Å². The largest absolute Gasteiger partial charge is 0.495 e. The van der Waals surface area contributed by atoms with Gasteiger partial charge in [0, 0.05) is 35.6 Å². The van der Waals surface area contributed by atoms with Crippen LogP contribution in [0.1, 0.15) is 21.5 Å². The number of anilines is 1. The normalized spacial score (nSPS) is 11.7. The van der Waals surface area contributed by atoms with Crippen LogP contribution in [0, 0.1) is 0 Å². The van der Waals surface area contributed by atoms with E-state index in [0.29, 0.717) is 45.8 Å². The molecule has 1 aliphatic carbocycles. The average Bonchev–Trinajstić information content (AvgIpc) is 3.10. The number of hydrogen-bond acceptors (Lipinski definition) is 6. The predicted octanol–water partition coefficient (Wildman–Crippen LogP) is 5.02. The molecule has 2 heterocycles. The van der Waals surface area contributed by atoms with Crippen molar-refractivity contribution in [3.8, 4) is 28.4 Å². The van der Waals surface area contributed by atoms with Crippen molar-refractivity contribution in [2.24, 2.45) is 0 Å². The summed E-state index contributed by atoms with van der Waals surface area (Å²) in [6, 6.07) is 16.7. The Morgan fingerprint density at radius 3 is 2.52 bits per heavy atom. The Morgan fingerprint density at radius 2 is 1.77 bits per heavy atom. The molecule has 0 aliphatic heterocycles. The smallest absolute Gasteiger partial charge is 0.199 e. The van der Waals surface area contributed by atoms with Crippen molar-refractivity contribution in [2.45, 2.75) is 6.54 Å². The fourth-order valence-electron chi connectivity index (χ4n) is 3.66. The van der Waals surface area contributed by atoms with Crippen LogP contribution in [-0.4, -0.2) is 27.8 Å². The predicted molar refractivity (Wildman–Crippen MR) is 119 cm³/mol. The van der Waals surface area contributed by atoms with Gasteiger partial charge >= 0.3 is 0 Å². The van der Waals surface area contributed by atoms with Gasteiger partial charge in [0.15, 0.2) is 11.6 Å². The maximum atomic E-state index is 13.1. The number of ether oxygens (including phenoxy) is 1. The number of nitrogens with zero attached hydrogens (tertiary/aromatic N) is 3. The van der Waals surface area contributed by atoms with Gasteiger partial charge in [0.05, 0.1) is 23.4 Å². The Labute approximate surface area is 183 Å². The molecule has 7 heteroatoms. The van der Waals surface area contributed by atoms with Crippen LogP contribution in [0.2, 0.25) is 5.02 Å². The molecule has 0 unspecified atom stereocenters. The summed E-state index contributed by atoms with van der Waals surface area (Å²) in [5.74, 6) is 1.55. The van der Waals surface area contributed by atoms with Gasteiger partial charge < -0.3 is 10.1 Å². The number of hydrogen-bond donors (Lipinski definition) is 1. The Balaban J connectivity index is 1.58. The zero-order chi connectivity index (χ0) is 21.4.